The van der Waals surface area contributed by atoms with Gasteiger partial charge in [0.1, 0.15) is 5.82 Å². The number of nitrogens with one attached hydrogen (secondary N) is 2. The van der Waals surface area contributed by atoms with Gasteiger partial charge in [0.25, 0.3) is 5.91 Å². The first-order chi connectivity index (χ1) is 20.5. The summed E-state index contributed by atoms with van der Waals surface area (Å²) >= 11 is 0. The molecule has 1 heterocycles. The molecule has 3 fully saturated rings. The largest absolute Gasteiger partial charge is 0.382 e. The second-order valence-corrected chi connectivity index (χ2v) is 12.5. The number of anilines is 2. The Labute approximate surface area is 248 Å². The van der Waals surface area contributed by atoms with Crippen molar-refractivity contribution >= 4 is 23.2 Å². The van der Waals surface area contributed by atoms with E-state index in [1.807, 2.05) is 24.3 Å². The zero-order valence-electron chi connectivity index (χ0n) is 24.6. The molecule has 6 rings (SSSR count). The van der Waals surface area contributed by atoms with Crippen LogP contribution in [0.25, 0.3) is 0 Å². The second-order valence-electron chi connectivity index (χ2n) is 12.5. The Morgan fingerprint density at radius 1 is 0.786 bits per heavy atom. The van der Waals surface area contributed by atoms with Gasteiger partial charge in [0.15, 0.2) is 0 Å². The lowest BCUT2D eigenvalue weighted by atomic mass is 9.83. The van der Waals surface area contributed by atoms with Gasteiger partial charge in [-0.15, -0.1) is 0 Å². The van der Waals surface area contributed by atoms with Gasteiger partial charge < -0.3 is 15.5 Å². The van der Waals surface area contributed by atoms with E-state index in [9.17, 15) is 9.59 Å². The summed E-state index contributed by atoms with van der Waals surface area (Å²) in [5, 5.41) is 6.82. The van der Waals surface area contributed by atoms with Crippen LogP contribution < -0.4 is 10.6 Å². The average Bonchev–Trinajstić information content (AvgIpc) is 3.72. The molecule has 2 N–H and O–H groups in total. The van der Waals surface area contributed by atoms with Crippen LogP contribution >= 0.6 is 0 Å². The SMILES string of the molecule is Cc1cccc(F)c1C(=O)N1CCC[C@H](C(=O)Nc2cccc(C3CCCC3)c2)[C@@H]1c1ccc(NC2CCCC2)cc1. The molecular weight excluding hydrogens is 525 g/mol. The number of carbonyl (C=O) groups excluding carboxylic acids is 2. The molecule has 220 valence electrons. The lowest BCUT2D eigenvalue weighted by Gasteiger charge is -2.41. The lowest BCUT2D eigenvalue weighted by molar-refractivity contribution is -0.123. The predicted octanol–water partition coefficient (Wildman–Crippen LogP) is 8.38. The zero-order valence-corrected chi connectivity index (χ0v) is 24.6. The molecule has 6 heteroatoms. The summed E-state index contributed by atoms with van der Waals surface area (Å²) < 4.78 is 15.0. The number of aryl methyl sites for hydroxylation is 1. The van der Waals surface area contributed by atoms with Gasteiger partial charge in [-0.3, -0.25) is 9.59 Å². The van der Waals surface area contributed by atoms with Gasteiger partial charge in [-0.1, -0.05) is 62.1 Å². The van der Waals surface area contributed by atoms with E-state index in [-0.39, 0.29) is 17.4 Å². The molecule has 0 bridgehead atoms. The zero-order chi connectivity index (χ0) is 29.1. The van der Waals surface area contributed by atoms with Crippen LogP contribution in [0.3, 0.4) is 0 Å². The van der Waals surface area contributed by atoms with E-state index in [1.54, 1.807) is 24.0 Å². The maximum Gasteiger partial charge on any atom is 0.257 e. The number of halogens is 1. The maximum absolute atomic E-state index is 15.0. The number of piperidine rings is 1. The van der Waals surface area contributed by atoms with E-state index in [4.69, 9.17) is 0 Å². The number of likely N-dealkylation sites (tertiary alicyclic amines) is 1. The van der Waals surface area contributed by atoms with Crippen molar-refractivity contribution in [1.82, 2.24) is 4.90 Å². The number of amides is 2. The summed E-state index contributed by atoms with van der Waals surface area (Å²) in [6.07, 6.45) is 11.1. The van der Waals surface area contributed by atoms with Gasteiger partial charge in [-0.05, 0) is 98.4 Å². The molecule has 0 unspecified atom stereocenters. The molecule has 2 atom stereocenters. The first-order valence-electron chi connectivity index (χ1n) is 15.8. The Kier molecular flexibility index (Phi) is 8.59. The highest BCUT2D eigenvalue weighted by atomic mass is 19.1. The van der Waals surface area contributed by atoms with Crippen LogP contribution in [0.5, 0.6) is 0 Å². The van der Waals surface area contributed by atoms with Crippen LogP contribution in [0.2, 0.25) is 0 Å². The smallest absolute Gasteiger partial charge is 0.257 e. The topological polar surface area (TPSA) is 61.4 Å². The van der Waals surface area contributed by atoms with Crippen molar-refractivity contribution in [2.75, 3.05) is 17.2 Å². The lowest BCUT2D eigenvalue weighted by Crippen LogP contribution is -2.46. The van der Waals surface area contributed by atoms with Gasteiger partial charge in [-0.25, -0.2) is 4.39 Å². The van der Waals surface area contributed by atoms with E-state index in [0.717, 1.165) is 16.9 Å². The molecule has 3 aliphatic rings. The number of rotatable bonds is 7. The third kappa shape index (κ3) is 6.08. The second kappa shape index (κ2) is 12.7. The minimum Gasteiger partial charge on any atom is -0.382 e. The highest BCUT2D eigenvalue weighted by molar-refractivity contribution is 5.98. The highest BCUT2D eigenvalue weighted by Crippen LogP contribution is 2.40. The number of hydrogen-bond acceptors (Lipinski definition) is 3. The number of benzene rings is 3. The number of nitrogens with zero attached hydrogens (tertiary/aromatic N) is 1. The Morgan fingerprint density at radius 3 is 2.24 bits per heavy atom. The Hall–Kier alpha value is -3.67. The highest BCUT2D eigenvalue weighted by Gasteiger charge is 2.40. The molecule has 1 saturated heterocycles. The van der Waals surface area contributed by atoms with Gasteiger partial charge in [0.2, 0.25) is 5.91 Å². The predicted molar refractivity (Wildman–Crippen MR) is 166 cm³/mol. The fourth-order valence-electron chi connectivity index (χ4n) is 7.40. The molecule has 5 nitrogen and oxygen atoms in total. The molecule has 2 saturated carbocycles. The molecule has 1 aliphatic heterocycles. The van der Waals surface area contributed by atoms with Crippen molar-refractivity contribution in [1.29, 1.82) is 0 Å². The van der Waals surface area contributed by atoms with E-state index in [1.165, 1.54) is 63.0 Å². The third-order valence-electron chi connectivity index (χ3n) is 9.62. The van der Waals surface area contributed by atoms with Crippen LogP contribution in [0.1, 0.15) is 103 Å². The molecule has 0 spiro atoms. The molecule has 3 aromatic carbocycles. The van der Waals surface area contributed by atoms with Crippen molar-refractivity contribution in [2.45, 2.75) is 89.1 Å². The van der Waals surface area contributed by atoms with Crippen LogP contribution in [-0.4, -0.2) is 29.3 Å². The van der Waals surface area contributed by atoms with Crippen LogP contribution in [0, 0.1) is 18.7 Å². The first kappa shape index (κ1) is 28.4. The van der Waals surface area contributed by atoms with E-state index < -0.39 is 17.8 Å². The molecule has 0 radical (unpaired) electrons. The standard InChI is InChI=1S/C36H42FN3O2/c1-24-9-6-17-32(37)33(24)36(42)40-22-8-16-31(34(40)26-18-20-29(21-19-26)38-28-13-4-5-14-28)35(41)39-30-15-7-12-27(23-30)25-10-2-3-11-25/h6-7,9,12,15,17-21,23,25,28,31,34,38H,2-5,8,10-11,13-14,16,22H2,1H3,(H,39,41)/t31-,34-/m0/s1. The normalized spacial score (nSPS) is 21.4. The average molecular weight is 568 g/mol. The van der Waals surface area contributed by atoms with Gasteiger partial charge in [0.05, 0.1) is 17.5 Å². The van der Waals surface area contributed by atoms with Crippen molar-refractivity contribution in [3.63, 3.8) is 0 Å². The molecule has 2 amide bonds. The van der Waals surface area contributed by atoms with Crippen molar-refractivity contribution in [3.05, 3.63) is 94.8 Å². The summed E-state index contributed by atoms with van der Waals surface area (Å²) in [6, 6.07) is 21.1. The van der Waals surface area contributed by atoms with E-state index in [2.05, 4.69) is 34.9 Å². The van der Waals surface area contributed by atoms with E-state index in [0.29, 0.717) is 36.9 Å². The number of hydrogen-bond donors (Lipinski definition) is 2. The Balaban J connectivity index is 1.29. The quantitative estimate of drug-likeness (QED) is 0.301. The Morgan fingerprint density at radius 2 is 1.50 bits per heavy atom. The van der Waals surface area contributed by atoms with Gasteiger partial charge in [0, 0.05) is 24.0 Å². The van der Waals surface area contributed by atoms with Crippen molar-refractivity contribution in [3.8, 4) is 0 Å². The van der Waals surface area contributed by atoms with Gasteiger partial charge >= 0.3 is 0 Å². The minimum atomic E-state index is -0.523. The fourth-order valence-corrected chi connectivity index (χ4v) is 7.40. The molecule has 2 aliphatic carbocycles. The number of carbonyl (C=O) groups is 2. The summed E-state index contributed by atoms with van der Waals surface area (Å²) in [7, 11) is 0. The molecule has 0 aromatic heterocycles. The van der Waals surface area contributed by atoms with Crippen molar-refractivity contribution in [2.24, 2.45) is 5.92 Å². The summed E-state index contributed by atoms with van der Waals surface area (Å²) in [6.45, 7) is 2.24. The third-order valence-corrected chi connectivity index (χ3v) is 9.62. The Bertz CT molecular complexity index is 1390. The van der Waals surface area contributed by atoms with Gasteiger partial charge in [-0.2, -0.15) is 0 Å². The molecular formula is C36H42FN3O2. The van der Waals surface area contributed by atoms with Crippen LogP contribution in [-0.2, 0) is 4.79 Å². The van der Waals surface area contributed by atoms with Crippen LogP contribution in [0.15, 0.2) is 66.7 Å². The fraction of sp³-hybridized carbons (Fsp3) is 0.444. The van der Waals surface area contributed by atoms with Crippen molar-refractivity contribution < 1.29 is 14.0 Å². The van der Waals surface area contributed by atoms with Crippen LogP contribution in [0.4, 0.5) is 15.8 Å². The first-order valence-corrected chi connectivity index (χ1v) is 15.8. The maximum atomic E-state index is 15.0. The molecule has 3 aromatic rings. The minimum absolute atomic E-state index is 0.0901. The summed E-state index contributed by atoms with van der Waals surface area (Å²) in [5.41, 5.74) is 4.72. The summed E-state index contributed by atoms with van der Waals surface area (Å²) in [4.78, 5) is 29.7. The monoisotopic (exact) mass is 567 g/mol. The van der Waals surface area contributed by atoms with E-state index >= 15 is 4.39 Å². The summed E-state index contributed by atoms with van der Waals surface area (Å²) in [5.74, 6) is -0.884. The molecule has 42 heavy (non-hydrogen) atoms.